The van der Waals surface area contributed by atoms with Crippen molar-refractivity contribution < 1.29 is 9.53 Å². The van der Waals surface area contributed by atoms with Crippen LogP contribution in [0, 0.1) is 0 Å². The third kappa shape index (κ3) is 3.89. The summed E-state index contributed by atoms with van der Waals surface area (Å²) in [5.74, 6) is 0.299. The quantitative estimate of drug-likeness (QED) is 0.510. The van der Waals surface area contributed by atoms with Gasteiger partial charge in [0.2, 0.25) is 0 Å². The number of benzene rings is 3. The maximum absolute atomic E-state index is 13.7. The minimum atomic E-state index is -1.46. The van der Waals surface area contributed by atoms with Crippen molar-refractivity contribution in [1.29, 1.82) is 0 Å². The summed E-state index contributed by atoms with van der Waals surface area (Å²) in [7, 11) is 0. The standard InChI is InChI=1S/C24H24N4O2/c1-18(2)25-23(29)24(17-19-11-5-3-6-12-19,30-20-13-7-4-8-14-20)28-22-16-10-9-15-21(22)26-27-28/h3-16,18H,17H2,1-2H3,(H,25,29). The van der Waals surface area contributed by atoms with Gasteiger partial charge in [-0.25, -0.2) is 0 Å². The molecule has 0 radical (unpaired) electrons. The van der Waals surface area contributed by atoms with E-state index in [0.717, 1.165) is 11.1 Å². The molecule has 0 saturated heterocycles. The molecule has 0 spiro atoms. The third-order valence-corrected chi connectivity index (χ3v) is 4.78. The Bertz CT molecular complexity index is 1080. The number of hydrogen-bond donors (Lipinski definition) is 1. The molecular weight excluding hydrogens is 376 g/mol. The van der Waals surface area contributed by atoms with Crippen molar-refractivity contribution in [3.05, 3.63) is 90.5 Å². The van der Waals surface area contributed by atoms with E-state index in [4.69, 9.17) is 4.74 Å². The fraction of sp³-hybridized carbons (Fsp3) is 0.208. The van der Waals surface area contributed by atoms with Gasteiger partial charge in [-0.1, -0.05) is 65.9 Å². The lowest BCUT2D eigenvalue weighted by atomic mass is 10.00. The van der Waals surface area contributed by atoms with Gasteiger partial charge in [-0.3, -0.25) is 4.79 Å². The van der Waals surface area contributed by atoms with Crippen molar-refractivity contribution in [2.75, 3.05) is 0 Å². The Balaban J connectivity index is 1.92. The number of carbonyl (C=O) groups excluding carboxylic acids is 1. The first-order chi connectivity index (χ1) is 14.6. The molecule has 0 aliphatic carbocycles. The van der Waals surface area contributed by atoms with E-state index >= 15 is 0 Å². The first-order valence-corrected chi connectivity index (χ1v) is 9.98. The van der Waals surface area contributed by atoms with Gasteiger partial charge in [0.05, 0.1) is 5.52 Å². The summed E-state index contributed by atoms with van der Waals surface area (Å²) in [6.45, 7) is 3.85. The third-order valence-electron chi connectivity index (χ3n) is 4.78. The molecule has 0 saturated carbocycles. The Kier molecular flexibility index (Phi) is 5.48. The van der Waals surface area contributed by atoms with Gasteiger partial charge in [-0.2, -0.15) is 4.68 Å². The topological polar surface area (TPSA) is 69.0 Å². The molecule has 1 amide bonds. The fourth-order valence-electron chi connectivity index (χ4n) is 3.44. The molecule has 1 atom stereocenters. The highest BCUT2D eigenvalue weighted by molar-refractivity contribution is 5.86. The number of nitrogens with one attached hydrogen (secondary N) is 1. The minimum Gasteiger partial charge on any atom is -0.456 e. The monoisotopic (exact) mass is 400 g/mol. The summed E-state index contributed by atoms with van der Waals surface area (Å²) in [6.07, 6.45) is 0.286. The Hall–Kier alpha value is -3.67. The summed E-state index contributed by atoms with van der Waals surface area (Å²) >= 11 is 0. The average Bonchev–Trinajstić information content (AvgIpc) is 3.19. The second-order valence-electron chi connectivity index (χ2n) is 7.48. The van der Waals surface area contributed by atoms with Crippen LogP contribution < -0.4 is 10.1 Å². The summed E-state index contributed by atoms with van der Waals surface area (Å²) < 4.78 is 8.07. The lowest BCUT2D eigenvalue weighted by Gasteiger charge is -2.34. The van der Waals surface area contributed by atoms with Crippen LogP contribution in [-0.2, 0) is 16.9 Å². The van der Waals surface area contributed by atoms with Crippen LogP contribution in [0.25, 0.3) is 11.0 Å². The van der Waals surface area contributed by atoms with Crippen LogP contribution in [0.5, 0.6) is 5.75 Å². The van der Waals surface area contributed by atoms with Crippen LogP contribution in [-0.4, -0.2) is 26.9 Å². The molecule has 6 nitrogen and oxygen atoms in total. The van der Waals surface area contributed by atoms with Crippen molar-refractivity contribution in [2.24, 2.45) is 0 Å². The number of amides is 1. The highest BCUT2D eigenvalue weighted by atomic mass is 16.5. The number of fused-ring (bicyclic) bond motifs is 1. The predicted molar refractivity (Wildman–Crippen MR) is 116 cm³/mol. The van der Waals surface area contributed by atoms with Gasteiger partial charge in [-0.05, 0) is 43.7 Å². The van der Waals surface area contributed by atoms with Crippen LogP contribution in [0.2, 0.25) is 0 Å². The Morgan fingerprint density at radius 3 is 2.30 bits per heavy atom. The summed E-state index contributed by atoms with van der Waals surface area (Å²) in [5, 5.41) is 11.7. The van der Waals surface area contributed by atoms with Gasteiger partial charge < -0.3 is 10.1 Å². The molecule has 0 bridgehead atoms. The number of carbonyl (C=O) groups is 1. The van der Waals surface area contributed by atoms with E-state index in [2.05, 4.69) is 15.6 Å². The fourth-order valence-corrected chi connectivity index (χ4v) is 3.44. The molecular formula is C24H24N4O2. The highest BCUT2D eigenvalue weighted by Gasteiger charge is 2.46. The van der Waals surface area contributed by atoms with Gasteiger partial charge in [-0.15, -0.1) is 5.10 Å². The molecule has 3 aromatic carbocycles. The van der Waals surface area contributed by atoms with Gasteiger partial charge in [0.15, 0.2) is 0 Å². The lowest BCUT2D eigenvalue weighted by molar-refractivity contribution is -0.148. The first-order valence-electron chi connectivity index (χ1n) is 9.98. The molecule has 4 rings (SSSR count). The molecule has 1 aromatic heterocycles. The number of nitrogens with zero attached hydrogens (tertiary/aromatic N) is 3. The number of aromatic nitrogens is 3. The van der Waals surface area contributed by atoms with E-state index in [1.54, 1.807) is 4.68 Å². The van der Waals surface area contributed by atoms with Crippen molar-refractivity contribution in [3.63, 3.8) is 0 Å². The van der Waals surface area contributed by atoms with Crippen molar-refractivity contribution >= 4 is 16.9 Å². The maximum atomic E-state index is 13.7. The van der Waals surface area contributed by atoms with E-state index in [1.165, 1.54) is 0 Å². The van der Waals surface area contributed by atoms with Crippen LogP contribution in [0.15, 0.2) is 84.9 Å². The van der Waals surface area contributed by atoms with Crippen molar-refractivity contribution in [2.45, 2.75) is 32.0 Å². The summed E-state index contributed by atoms with van der Waals surface area (Å²) in [5.41, 5.74) is 0.919. The van der Waals surface area contributed by atoms with E-state index in [9.17, 15) is 4.79 Å². The SMILES string of the molecule is CC(C)NC(=O)C(Cc1ccccc1)(Oc1ccccc1)n1nnc2ccccc21. The molecule has 30 heavy (non-hydrogen) atoms. The summed E-state index contributed by atoms with van der Waals surface area (Å²) in [4.78, 5) is 13.7. The second kappa shape index (κ2) is 8.37. The number of rotatable bonds is 7. The van der Waals surface area contributed by atoms with E-state index in [-0.39, 0.29) is 18.4 Å². The van der Waals surface area contributed by atoms with Crippen molar-refractivity contribution in [3.8, 4) is 5.75 Å². The lowest BCUT2D eigenvalue weighted by Crippen LogP contribution is -2.56. The van der Waals surface area contributed by atoms with Gasteiger partial charge in [0.1, 0.15) is 11.3 Å². The number of para-hydroxylation sites is 2. The van der Waals surface area contributed by atoms with E-state index in [0.29, 0.717) is 11.3 Å². The molecule has 6 heteroatoms. The normalized spacial score (nSPS) is 13.2. The molecule has 1 N–H and O–H groups in total. The largest absolute Gasteiger partial charge is 0.456 e. The van der Waals surface area contributed by atoms with Crippen LogP contribution >= 0.6 is 0 Å². The second-order valence-corrected chi connectivity index (χ2v) is 7.48. The van der Waals surface area contributed by atoms with Crippen LogP contribution in [0.3, 0.4) is 0 Å². The zero-order valence-electron chi connectivity index (χ0n) is 17.0. The molecule has 0 aliphatic rings. The highest BCUT2D eigenvalue weighted by Crippen LogP contribution is 2.30. The maximum Gasteiger partial charge on any atom is 0.288 e. The van der Waals surface area contributed by atoms with Crippen LogP contribution in [0.4, 0.5) is 0 Å². The van der Waals surface area contributed by atoms with Gasteiger partial charge in [0, 0.05) is 12.5 Å². The smallest absolute Gasteiger partial charge is 0.288 e. The predicted octanol–water partition coefficient (Wildman–Crippen LogP) is 3.93. The molecule has 0 aliphatic heterocycles. The Morgan fingerprint density at radius 2 is 1.60 bits per heavy atom. The van der Waals surface area contributed by atoms with Crippen LogP contribution in [0.1, 0.15) is 19.4 Å². The molecule has 1 unspecified atom stereocenters. The van der Waals surface area contributed by atoms with Gasteiger partial charge in [0.25, 0.3) is 11.6 Å². The van der Waals surface area contributed by atoms with E-state index in [1.807, 2.05) is 98.8 Å². The van der Waals surface area contributed by atoms with Crippen molar-refractivity contribution in [1.82, 2.24) is 20.3 Å². The zero-order valence-corrected chi connectivity index (χ0v) is 17.0. The average molecular weight is 400 g/mol. The molecule has 0 fully saturated rings. The minimum absolute atomic E-state index is 0.0678. The molecule has 4 aromatic rings. The molecule has 152 valence electrons. The number of hydrogen-bond acceptors (Lipinski definition) is 4. The zero-order chi connectivity index (χ0) is 21.0. The number of ether oxygens (including phenoxy) is 1. The Morgan fingerprint density at radius 1 is 0.967 bits per heavy atom. The van der Waals surface area contributed by atoms with Gasteiger partial charge >= 0.3 is 0 Å². The van der Waals surface area contributed by atoms with E-state index < -0.39 is 5.72 Å². The molecule has 1 heterocycles. The first kappa shape index (κ1) is 19.6. The Labute approximate surface area is 175 Å². The summed E-state index contributed by atoms with van der Waals surface area (Å²) in [6, 6.07) is 26.6.